The van der Waals surface area contributed by atoms with Gasteiger partial charge in [0.2, 0.25) is 0 Å². The van der Waals surface area contributed by atoms with Gasteiger partial charge in [-0.3, -0.25) is 4.79 Å². The van der Waals surface area contributed by atoms with E-state index in [4.69, 9.17) is 10.8 Å². The highest BCUT2D eigenvalue weighted by atomic mass is 16.4. The van der Waals surface area contributed by atoms with Gasteiger partial charge in [-0.1, -0.05) is 26.7 Å². The van der Waals surface area contributed by atoms with Crippen molar-refractivity contribution in [2.45, 2.75) is 58.9 Å². The summed E-state index contributed by atoms with van der Waals surface area (Å²) in [4.78, 5) is 11.0. The van der Waals surface area contributed by atoms with Gasteiger partial charge < -0.3 is 10.8 Å². The second kappa shape index (κ2) is 5.17. The molecular formula is C13H25NO2. The van der Waals surface area contributed by atoms with Crippen molar-refractivity contribution in [1.29, 1.82) is 0 Å². The normalized spacial score (nSPS) is 32.7. The average Bonchev–Trinajstić information content (AvgIpc) is 2.16. The molecule has 1 rings (SSSR count). The molecule has 0 aromatic heterocycles. The Morgan fingerprint density at radius 3 is 2.56 bits per heavy atom. The lowest BCUT2D eigenvalue weighted by Crippen LogP contribution is -2.45. The summed E-state index contributed by atoms with van der Waals surface area (Å²) in [6, 6.07) is -0.0230. The minimum Gasteiger partial charge on any atom is -0.481 e. The SMILES string of the molecule is CC(C)C1CCCC(CC(=O)O)(C(C)N)C1. The van der Waals surface area contributed by atoms with Gasteiger partial charge in [0.1, 0.15) is 0 Å². The fraction of sp³-hybridized carbons (Fsp3) is 0.923. The van der Waals surface area contributed by atoms with E-state index >= 15 is 0 Å². The molecule has 0 saturated heterocycles. The summed E-state index contributed by atoms with van der Waals surface area (Å²) in [6.45, 7) is 6.41. The topological polar surface area (TPSA) is 63.3 Å². The minimum absolute atomic E-state index is 0.0230. The van der Waals surface area contributed by atoms with Crippen LogP contribution in [0.25, 0.3) is 0 Å². The number of carboxylic acids is 1. The Balaban J connectivity index is 2.80. The van der Waals surface area contributed by atoms with Crippen LogP contribution in [0.3, 0.4) is 0 Å². The molecule has 0 heterocycles. The number of hydrogen-bond donors (Lipinski definition) is 2. The fourth-order valence-corrected chi connectivity index (χ4v) is 3.05. The van der Waals surface area contributed by atoms with Crippen molar-refractivity contribution in [3.63, 3.8) is 0 Å². The molecule has 1 aliphatic carbocycles. The van der Waals surface area contributed by atoms with Gasteiger partial charge in [-0.25, -0.2) is 0 Å². The first-order chi connectivity index (χ1) is 7.37. The smallest absolute Gasteiger partial charge is 0.303 e. The van der Waals surface area contributed by atoms with Gasteiger partial charge in [0.25, 0.3) is 0 Å². The van der Waals surface area contributed by atoms with Crippen LogP contribution in [-0.4, -0.2) is 17.1 Å². The van der Waals surface area contributed by atoms with Crippen LogP contribution in [0.4, 0.5) is 0 Å². The number of carbonyl (C=O) groups is 1. The van der Waals surface area contributed by atoms with E-state index in [1.807, 2.05) is 6.92 Å². The standard InChI is InChI=1S/C13H25NO2/c1-9(2)11-5-4-6-13(7-11,10(3)14)8-12(15)16/h9-11H,4-8,14H2,1-3H3,(H,15,16). The Kier molecular flexibility index (Phi) is 4.36. The molecule has 16 heavy (non-hydrogen) atoms. The Morgan fingerprint density at radius 2 is 2.12 bits per heavy atom. The molecule has 1 saturated carbocycles. The quantitative estimate of drug-likeness (QED) is 0.776. The van der Waals surface area contributed by atoms with Gasteiger partial charge in [0.05, 0.1) is 6.42 Å². The van der Waals surface area contributed by atoms with Crippen LogP contribution >= 0.6 is 0 Å². The lowest BCUT2D eigenvalue weighted by molar-refractivity contribution is -0.141. The summed E-state index contributed by atoms with van der Waals surface area (Å²) in [5.41, 5.74) is 5.88. The minimum atomic E-state index is -0.707. The van der Waals surface area contributed by atoms with Crippen LogP contribution < -0.4 is 5.73 Å². The van der Waals surface area contributed by atoms with Crippen molar-refractivity contribution < 1.29 is 9.90 Å². The second-order valence-corrected chi connectivity index (χ2v) is 5.82. The maximum absolute atomic E-state index is 11.0. The summed E-state index contributed by atoms with van der Waals surface area (Å²) in [5.74, 6) is 0.563. The summed E-state index contributed by atoms with van der Waals surface area (Å²) in [6.07, 6.45) is 4.53. The number of aliphatic carboxylic acids is 1. The highest BCUT2D eigenvalue weighted by molar-refractivity contribution is 5.67. The van der Waals surface area contributed by atoms with Gasteiger partial charge >= 0.3 is 5.97 Å². The van der Waals surface area contributed by atoms with Crippen LogP contribution in [-0.2, 0) is 4.79 Å². The maximum Gasteiger partial charge on any atom is 0.303 e. The van der Waals surface area contributed by atoms with Gasteiger partial charge in [0.15, 0.2) is 0 Å². The number of rotatable bonds is 4. The van der Waals surface area contributed by atoms with Crippen LogP contribution in [0.1, 0.15) is 52.9 Å². The molecule has 3 N–H and O–H groups in total. The van der Waals surface area contributed by atoms with E-state index in [1.54, 1.807) is 0 Å². The Hall–Kier alpha value is -0.570. The zero-order valence-corrected chi connectivity index (χ0v) is 10.7. The van der Waals surface area contributed by atoms with E-state index in [9.17, 15) is 4.79 Å². The third-order valence-electron chi connectivity index (χ3n) is 4.33. The van der Waals surface area contributed by atoms with E-state index < -0.39 is 5.97 Å². The molecule has 0 bridgehead atoms. The highest BCUT2D eigenvalue weighted by Gasteiger charge is 2.41. The van der Waals surface area contributed by atoms with Crippen molar-refractivity contribution in [1.82, 2.24) is 0 Å². The Morgan fingerprint density at radius 1 is 1.50 bits per heavy atom. The Bertz CT molecular complexity index is 250. The van der Waals surface area contributed by atoms with Crippen molar-refractivity contribution >= 4 is 5.97 Å². The first-order valence-corrected chi connectivity index (χ1v) is 6.35. The molecule has 1 aliphatic rings. The second-order valence-electron chi connectivity index (χ2n) is 5.82. The van der Waals surface area contributed by atoms with E-state index in [-0.39, 0.29) is 17.9 Å². The summed E-state index contributed by atoms with van der Waals surface area (Å²) >= 11 is 0. The average molecular weight is 227 g/mol. The molecule has 0 aliphatic heterocycles. The molecule has 0 aromatic rings. The van der Waals surface area contributed by atoms with E-state index in [2.05, 4.69) is 13.8 Å². The zero-order chi connectivity index (χ0) is 12.3. The predicted molar refractivity (Wildman–Crippen MR) is 65.1 cm³/mol. The molecule has 94 valence electrons. The number of nitrogens with two attached hydrogens (primary N) is 1. The van der Waals surface area contributed by atoms with E-state index in [0.29, 0.717) is 11.8 Å². The third kappa shape index (κ3) is 2.97. The number of carboxylic acid groups (broad SMARTS) is 1. The lowest BCUT2D eigenvalue weighted by Gasteiger charge is -2.44. The third-order valence-corrected chi connectivity index (χ3v) is 4.33. The Labute approximate surface area is 98.4 Å². The molecule has 1 fully saturated rings. The van der Waals surface area contributed by atoms with E-state index in [1.165, 1.54) is 6.42 Å². The lowest BCUT2D eigenvalue weighted by atomic mass is 9.62. The molecule has 3 atom stereocenters. The van der Waals surface area contributed by atoms with Crippen LogP contribution in [0.5, 0.6) is 0 Å². The zero-order valence-electron chi connectivity index (χ0n) is 10.7. The van der Waals surface area contributed by atoms with E-state index in [0.717, 1.165) is 19.3 Å². The molecule has 3 heteroatoms. The summed E-state index contributed by atoms with van der Waals surface area (Å²) < 4.78 is 0. The molecule has 0 amide bonds. The van der Waals surface area contributed by atoms with Crippen LogP contribution in [0, 0.1) is 17.3 Å². The first kappa shape index (κ1) is 13.5. The van der Waals surface area contributed by atoms with Crippen LogP contribution in [0.15, 0.2) is 0 Å². The van der Waals surface area contributed by atoms with Crippen molar-refractivity contribution in [3.05, 3.63) is 0 Å². The monoisotopic (exact) mass is 227 g/mol. The molecule has 3 unspecified atom stereocenters. The van der Waals surface area contributed by atoms with Gasteiger partial charge in [-0.2, -0.15) is 0 Å². The molecule has 3 nitrogen and oxygen atoms in total. The molecular weight excluding hydrogens is 202 g/mol. The van der Waals surface area contributed by atoms with Crippen molar-refractivity contribution in [2.75, 3.05) is 0 Å². The van der Waals surface area contributed by atoms with Gasteiger partial charge in [-0.05, 0) is 37.0 Å². The van der Waals surface area contributed by atoms with Crippen LogP contribution in [0.2, 0.25) is 0 Å². The van der Waals surface area contributed by atoms with Gasteiger partial charge in [-0.15, -0.1) is 0 Å². The molecule has 0 spiro atoms. The summed E-state index contributed by atoms with van der Waals surface area (Å²) in [5, 5.41) is 9.05. The first-order valence-electron chi connectivity index (χ1n) is 6.35. The predicted octanol–water partition coefficient (Wildman–Crippen LogP) is 2.64. The largest absolute Gasteiger partial charge is 0.481 e. The summed E-state index contributed by atoms with van der Waals surface area (Å²) in [7, 11) is 0. The fourth-order valence-electron chi connectivity index (χ4n) is 3.05. The molecule has 0 radical (unpaired) electrons. The number of hydrogen-bond acceptors (Lipinski definition) is 2. The van der Waals surface area contributed by atoms with Crippen molar-refractivity contribution in [3.8, 4) is 0 Å². The highest BCUT2D eigenvalue weighted by Crippen LogP contribution is 2.46. The van der Waals surface area contributed by atoms with Gasteiger partial charge in [0, 0.05) is 6.04 Å². The maximum atomic E-state index is 11.0. The van der Waals surface area contributed by atoms with Crippen molar-refractivity contribution in [2.24, 2.45) is 23.0 Å². The molecule has 0 aromatic carbocycles.